The number of benzene rings is 2. The Labute approximate surface area is 179 Å². The average molecular weight is 416 g/mol. The fraction of sp³-hybridized carbons (Fsp3) is 0.435. The Morgan fingerprint density at radius 3 is 2.41 bits per heavy atom. The van der Waals surface area contributed by atoms with Crippen molar-refractivity contribution in [2.45, 2.75) is 37.4 Å². The second-order valence-electron chi connectivity index (χ2n) is 7.98. The van der Waals surface area contributed by atoms with Gasteiger partial charge in [-0.3, -0.25) is 9.69 Å². The Kier molecular flexibility index (Phi) is 7.17. The van der Waals surface area contributed by atoms with Gasteiger partial charge in [0.2, 0.25) is 5.91 Å². The molecular formula is C23H30ClN3O2. The number of carbonyl (C=O) groups is 1. The second kappa shape index (κ2) is 9.61. The molecule has 2 aliphatic rings. The molecule has 0 spiro atoms. The van der Waals surface area contributed by atoms with Crippen molar-refractivity contribution in [3.8, 4) is 5.75 Å². The van der Waals surface area contributed by atoms with Crippen molar-refractivity contribution in [2.24, 2.45) is 5.73 Å². The van der Waals surface area contributed by atoms with Crippen LogP contribution in [0.2, 0.25) is 0 Å². The molecule has 2 aromatic rings. The molecule has 6 heteroatoms. The summed E-state index contributed by atoms with van der Waals surface area (Å²) in [7, 11) is 1.67. The zero-order valence-corrected chi connectivity index (χ0v) is 17.7. The molecule has 1 aliphatic carbocycles. The van der Waals surface area contributed by atoms with Gasteiger partial charge in [0.15, 0.2) is 0 Å². The highest BCUT2D eigenvalue weighted by Crippen LogP contribution is 2.30. The number of rotatable bonds is 7. The van der Waals surface area contributed by atoms with E-state index in [1.165, 1.54) is 5.56 Å². The molecule has 5 nitrogen and oxygen atoms in total. The maximum absolute atomic E-state index is 13.1. The van der Waals surface area contributed by atoms with Crippen LogP contribution in [-0.4, -0.2) is 54.5 Å². The van der Waals surface area contributed by atoms with Gasteiger partial charge in [-0.15, -0.1) is 12.4 Å². The molecule has 0 aromatic heterocycles. The first-order valence-electron chi connectivity index (χ1n) is 10.1. The Morgan fingerprint density at radius 1 is 1.10 bits per heavy atom. The van der Waals surface area contributed by atoms with Gasteiger partial charge in [0.25, 0.3) is 0 Å². The van der Waals surface area contributed by atoms with Crippen LogP contribution in [0.4, 0.5) is 0 Å². The summed E-state index contributed by atoms with van der Waals surface area (Å²) >= 11 is 0. The SMILES string of the molecule is COc1ccc(CN(C(=O)CN2C[C@@H](N)[C@H](c3ccccc3)C2)C2CC2)cc1.Cl. The van der Waals surface area contributed by atoms with Crippen LogP contribution >= 0.6 is 12.4 Å². The number of amides is 1. The molecule has 2 fully saturated rings. The molecule has 29 heavy (non-hydrogen) atoms. The van der Waals surface area contributed by atoms with Gasteiger partial charge in [0, 0.05) is 37.6 Å². The van der Waals surface area contributed by atoms with E-state index in [0.717, 1.165) is 37.2 Å². The van der Waals surface area contributed by atoms with Gasteiger partial charge in [0.1, 0.15) is 5.75 Å². The highest BCUT2D eigenvalue weighted by atomic mass is 35.5. The lowest BCUT2D eigenvalue weighted by atomic mass is 9.95. The fourth-order valence-electron chi connectivity index (χ4n) is 4.11. The summed E-state index contributed by atoms with van der Waals surface area (Å²) in [5, 5.41) is 0. The molecule has 156 valence electrons. The van der Waals surface area contributed by atoms with Gasteiger partial charge >= 0.3 is 0 Å². The van der Waals surface area contributed by atoms with Crippen LogP contribution in [0.1, 0.15) is 29.9 Å². The van der Waals surface area contributed by atoms with E-state index in [9.17, 15) is 4.79 Å². The average Bonchev–Trinajstić information content (AvgIpc) is 3.50. The maximum atomic E-state index is 13.1. The third-order valence-corrected chi connectivity index (χ3v) is 5.85. The predicted octanol–water partition coefficient (Wildman–Crippen LogP) is 3.03. The quantitative estimate of drug-likeness (QED) is 0.755. The van der Waals surface area contributed by atoms with E-state index in [0.29, 0.717) is 25.0 Å². The van der Waals surface area contributed by atoms with Crippen LogP contribution in [0.5, 0.6) is 5.75 Å². The molecule has 1 aliphatic heterocycles. The molecule has 1 amide bonds. The highest BCUT2D eigenvalue weighted by Gasteiger charge is 2.36. The summed E-state index contributed by atoms with van der Waals surface area (Å²) in [6.07, 6.45) is 2.21. The van der Waals surface area contributed by atoms with E-state index in [1.807, 2.05) is 35.2 Å². The molecule has 2 aromatic carbocycles. The van der Waals surface area contributed by atoms with E-state index in [2.05, 4.69) is 29.2 Å². The normalized spacial score (nSPS) is 21.4. The van der Waals surface area contributed by atoms with Crippen LogP contribution in [0.25, 0.3) is 0 Å². The molecule has 1 saturated heterocycles. The summed E-state index contributed by atoms with van der Waals surface area (Å²) in [5.41, 5.74) is 8.80. The number of likely N-dealkylation sites (tertiary alicyclic amines) is 1. The van der Waals surface area contributed by atoms with Crippen molar-refractivity contribution in [1.82, 2.24) is 9.80 Å². The molecular weight excluding hydrogens is 386 g/mol. The van der Waals surface area contributed by atoms with Crippen molar-refractivity contribution in [1.29, 1.82) is 0 Å². The minimum absolute atomic E-state index is 0. The third kappa shape index (κ3) is 5.30. The third-order valence-electron chi connectivity index (χ3n) is 5.85. The predicted molar refractivity (Wildman–Crippen MR) is 117 cm³/mol. The van der Waals surface area contributed by atoms with Crippen LogP contribution < -0.4 is 10.5 Å². The van der Waals surface area contributed by atoms with Gasteiger partial charge < -0.3 is 15.4 Å². The van der Waals surface area contributed by atoms with Gasteiger partial charge in [-0.05, 0) is 36.1 Å². The number of halogens is 1. The molecule has 0 unspecified atom stereocenters. The summed E-state index contributed by atoms with van der Waals surface area (Å²) < 4.78 is 5.23. The lowest BCUT2D eigenvalue weighted by Crippen LogP contribution is -2.41. The second-order valence-corrected chi connectivity index (χ2v) is 7.98. The van der Waals surface area contributed by atoms with E-state index in [4.69, 9.17) is 10.5 Å². The Balaban J connectivity index is 0.00000240. The molecule has 1 heterocycles. The zero-order chi connectivity index (χ0) is 19.5. The highest BCUT2D eigenvalue weighted by molar-refractivity contribution is 5.85. The monoisotopic (exact) mass is 415 g/mol. The Bertz CT molecular complexity index is 796. The lowest BCUT2D eigenvalue weighted by molar-refractivity contribution is -0.133. The van der Waals surface area contributed by atoms with Crippen LogP contribution in [0.3, 0.4) is 0 Å². The van der Waals surface area contributed by atoms with Gasteiger partial charge in [0.05, 0.1) is 13.7 Å². The summed E-state index contributed by atoms with van der Waals surface area (Å²) in [6.45, 7) is 2.73. The molecule has 0 bridgehead atoms. The first-order chi connectivity index (χ1) is 13.6. The first-order valence-corrected chi connectivity index (χ1v) is 10.1. The topological polar surface area (TPSA) is 58.8 Å². The number of ether oxygens (including phenoxy) is 1. The van der Waals surface area contributed by atoms with E-state index in [1.54, 1.807) is 7.11 Å². The zero-order valence-electron chi connectivity index (χ0n) is 16.9. The smallest absolute Gasteiger partial charge is 0.237 e. The summed E-state index contributed by atoms with van der Waals surface area (Å²) in [6, 6.07) is 18.9. The van der Waals surface area contributed by atoms with Gasteiger partial charge in [-0.1, -0.05) is 42.5 Å². The largest absolute Gasteiger partial charge is 0.497 e. The number of hydrogen-bond donors (Lipinski definition) is 1. The Hall–Kier alpha value is -2.08. The Morgan fingerprint density at radius 2 is 1.79 bits per heavy atom. The fourth-order valence-corrected chi connectivity index (χ4v) is 4.11. The van der Waals surface area contributed by atoms with Crippen molar-refractivity contribution < 1.29 is 9.53 Å². The summed E-state index contributed by atoms with van der Waals surface area (Å²) in [4.78, 5) is 17.3. The standard InChI is InChI=1S/C23H29N3O2.ClH/c1-28-20-11-7-17(8-12-20)13-26(19-9-10-19)23(27)16-25-14-21(22(24)15-25)18-5-3-2-4-6-18;/h2-8,11-12,19,21-22H,9-10,13-16,24H2,1H3;1H/t21-,22+;/m0./s1. The van der Waals surface area contributed by atoms with Gasteiger partial charge in [-0.2, -0.15) is 0 Å². The number of nitrogens with two attached hydrogens (primary N) is 1. The molecule has 0 radical (unpaired) electrons. The summed E-state index contributed by atoms with van der Waals surface area (Å²) in [5.74, 6) is 1.34. The van der Waals surface area contributed by atoms with E-state index < -0.39 is 0 Å². The minimum atomic E-state index is 0. The number of hydrogen-bond acceptors (Lipinski definition) is 4. The molecule has 2 N–H and O–H groups in total. The van der Waals surface area contributed by atoms with Crippen LogP contribution in [0.15, 0.2) is 54.6 Å². The van der Waals surface area contributed by atoms with E-state index >= 15 is 0 Å². The molecule has 4 rings (SSSR count). The minimum Gasteiger partial charge on any atom is -0.497 e. The van der Waals surface area contributed by atoms with Crippen LogP contribution in [-0.2, 0) is 11.3 Å². The number of methoxy groups -OCH3 is 1. The van der Waals surface area contributed by atoms with Crippen molar-refractivity contribution in [3.63, 3.8) is 0 Å². The van der Waals surface area contributed by atoms with Gasteiger partial charge in [-0.25, -0.2) is 0 Å². The number of nitrogens with zero attached hydrogens (tertiary/aromatic N) is 2. The van der Waals surface area contributed by atoms with Crippen molar-refractivity contribution in [3.05, 3.63) is 65.7 Å². The van der Waals surface area contributed by atoms with Crippen molar-refractivity contribution >= 4 is 18.3 Å². The van der Waals surface area contributed by atoms with Crippen molar-refractivity contribution in [2.75, 3.05) is 26.7 Å². The van der Waals surface area contributed by atoms with Crippen LogP contribution in [0, 0.1) is 0 Å². The molecule has 2 atom stereocenters. The van der Waals surface area contributed by atoms with E-state index in [-0.39, 0.29) is 24.4 Å². The lowest BCUT2D eigenvalue weighted by Gasteiger charge is -2.25. The maximum Gasteiger partial charge on any atom is 0.237 e. The first kappa shape index (κ1) is 21.6. The number of carbonyl (C=O) groups excluding carboxylic acids is 1. The molecule has 1 saturated carbocycles.